The third-order valence-electron chi connectivity index (χ3n) is 11.1. The Kier molecular flexibility index (Phi) is 5.73. The van der Waals surface area contributed by atoms with Gasteiger partial charge < -0.3 is 14.9 Å². The molecule has 9 heteroatoms. The summed E-state index contributed by atoms with van der Waals surface area (Å²) < 4.78 is 38.6. The summed E-state index contributed by atoms with van der Waals surface area (Å²) in [5, 5.41) is 11.7. The highest BCUT2D eigenvalue weighted by atomic mass is 35.5. The summed E-state index contributed by atoms with van der Waals surface area (Å²) in [5.74, 6) is 1.13. The fourth-order valence-corrected chi connectivity index (χ4v) is 9.52. The average Bonchev–Trinajstić information content (AvgIpc) is 3.45. The minimum atomic E-state index is -4.47. The first-order valence-electron chi connectivity index (χ1n) is 14.2. The number of aliphatic hydroxyl groups is 1. The summed E-state index contributed by atoms with van der Waals surface area (Å²) >= 11 is 6.63. The number of hydrogen-bond donors (Lipinski definition) is 1. The van der Waals surface area contributed by atoms with Gasteiger partial charge in [0.1, 0.15) is 0 Å². The number of hydrogen-bond acceptors (Lipinski definition) is 3. The standard InChI is InChI=1S/C31H32ClF3N2O3/c1-36(27(38)17-2-5-22(6-3-17)31(33,34)35)24-7-4-18(25(32)12-24)10-19-8-9-37(28(19)39)26-20-11-23-16-30(40)15-21(26)14-29(23,30)13-20/h2-7,12,19-21,23,26,40H,8-11,13-16H2,1H3. The highest BCUT2D eigenvalue weighted by Crippen LogP contribution is 2.77. The molecule has 40 heavy (non-hydrogen) atoms. The fourth-order valence-electron chi connectivity index (χ4n) is 9.27. The van der Waals surface area contributed by atoms with Gasteiger partial charge in [0.15, 0.2) is 0 Å². The van der Waals surface area contributed by atoms with E-state index in [1.807, 2.05) is 6.07 Å². The Morgan fingerprint density at radius 3 is 2.52 bits per heavy atom. The summed E-state index contributed by atoms with van der Waals surface area (Å²) in [6.45, 7) is 0.747. The van der Waals surface area contributed by atoms with Gasteiger partial charge in [0.05, 0.1) is 11.2 Å². The van der Waals surface area contributed by atoms with Gasteiger partial charge >= 0.3 is 6.18 Å². The van der Waals surface area contributed by atoms with Crippen LogP contribution in [0, 0.1) is 29.1 Å². The zero-order valence-electron chi connectivity index (χ0n) is 22.3. The quantitative estimate of drug-likeness (QED) is 0.480. The molecule has 0 radical (unpaired) electrons. The molecule has 2 aromatic carbocycles. The van der Waals surface area contributed by atoms with Gasteiger partial charge in [-0.25, -0.2) is 0 Å². The fraction of sp³-hybridized carbons (Fsp3) is 0.548. The van der Waals surface area contributed by atoms with Crippen LogP contribution in [0.4, 0.5) is 18.9 Å². The predicted octanol–water partition coefficient (Wildman–Crippen LogP) is 5.97. The molecule has 4 saturated carbocycles. The van der Waals surface area contributed by atoms with Crippen LogP contribution in [-0.2, 0) is 17.4 Å². The largest absolute Gasteiger partial charge is 0.416 e. The molecule has 212 valence electrons. The van der Waals surface area contributed by atoms with Crippen LogP contribution in [0.5, 0.6) is 0 Å². The molecule has 7 unspecified atom stereocenters. The van der Waals surface area contributed by atoms with Crippen molar-refractivity contribution < 1.29 is 27.9 Å². The zero-order chi connectivity index (χ0) is 28.2. The van der Waals surface area contributed by atoms with Crippen molar-refractivity contribution in [1.29, 1.82) is 0 Å². The highest BCUT2D eigenvalue weighted by molar-refractivity contribution is 6.31. The van der Waals surface area contributed by atoms with Crippen LogP contribution in [0.2, 0.25) is 5.02 Å². The van der Waals surface area contributed by atoms with E-state index in [0.29, 0.717) is 34.9 Å². The second-order valence-corrected chi connectivity index (χ2v) is 13.3. The summed E-state index contributed by atoms with van der Waals surface area (Å²) in [4.78, 5) is 30.0. The van der Waals surface area contributed by atoms with Gasteiger partial charge in [0, 0.05) is 47.2 Å². The Morgan fingerprint density at radius 2 is 1.82 bits per heavy atom. The lowest BCUT2D eigenvalue weighted by atomic mass is 9.53. The van der Waals surface area contributed by atoms with Crippen molar-refractivity contribution in [3.05, 3.63) is 64.2 Å². The molecule has 5 aliphatic rings. The molecule has 7 rings (SSSR count). The van der Waals surface area contributed by atoms with Gasteiger partial charge in [-0.05, 0) is 105 Å². The Morgan fingerprint density at radius 1 is 1.10 bits per heavy atom. The number of benzene rings is 2. The number of carbonyl (C=O) groups excluding carboxylic acids is 2. The number of halogens is 4. The Bertz CT molecular complexity index is 1390. The highest BCUT2D eigenvalue weighted by Gasteiger charge is 2.76. The van der Waals surface area contributed by atoms with E-state index in [1.54, 1.807) is 19.2 Å². The molecular formula is C31H32ClF3N2O3. The van der Waals surface area contributed by atoms with Gasteiger partial charge in [-0.3, -0.25) is 9.59 Å². The molecule has 1 aliphatic heterocycles. The molecule has 1 N–H and O–H groups in total. The SMILES string of the molecule is CN(C(=O)c1ccc(C(F)(F)F)cc1)c1ccc(CC2CCN(C3C4CC5CC6(O)CC3CC56C4)C2=O)c(Cl)c1. The van der Waals surface area contributed by atoms with E-state index in [0.717, 1.165) is 62.8 Å². The second-order valence-electron chi connectivity index (χ2n) is 12.9. The molecule has 0 aromatic heterocycles. The summed E-state index contributed by atoms with van der Waals surface area (Å²) in [5.41, 5.74) is 0.322. The zero-order valence-corrected chi connectivity index (χ0v) is 23.0. The summed E-state index contributed by atoms with van der Waals surface area (Å²) in [6.07, 6.45) is 1.89. The first-order valence-corrected chi connectivity index (χ1v) is 14.5. The van der Waals surface area contributed by atoms with Gasteiger partial charge in [0.2, 0.25) is 5.91 Å². The number of nitrogens with zero attached hydrogens (tertiary/aromatic N) is 2. The number of amides is 2. The van der Waals surface area contributed by atoms with Crippen LogP contribution < -0.4 is 4.90 Å². The number of likely N-dealkylation sites (tertiary alicyclic amines) is 1. The molecule has 1 spiro atoms. The molecular weight excluding hydrogens is 541 g/mol. The van der Waals surface area contributed by atoms with Crippen LogP contribution >= 0.6 is 11.6 Å². The Hall–Kier alpha value is -2.58. The minimum absolute atomic E-state index is 0.136. The van der Waals surface area contributed by atoms with Crippen LogP contribution in [0.25, 0.3) is 0 Å². The second kappa shape index (κ2) is 8.71. The van der Waals surface area contributed by atoms with E-state index < -0.39 is 23.2 Å². The molecule has 7 atom stereocenters. The van der Waals surface area contributed by atoms with Crippen LogP contribution in [-0.4, -0.2) is 47.1 Å². The Labute approximate surface area is 236 Å². The van der Waals surface area contributed by atoms with Crippen molar-refractivity contribution in [2.24, 2.45) is 29.1 Å². The monoisotopic (exact) mass is 572 g/mol. The number of anilines is 1. The molecule has 5 nitrogen and oxygen atoms in total. The van der Waals surface area contributed by atoms with Crippen molar-refractivity contribution in [1.82, 2.24) is 4.90 Å². The van der Waals surface area contributed by atoms with E-state index in [4.69, 9.17) is 11.6 Å². The number of fused-ring (bicyclic) bond motifs is 2. The predicted molar refractivity (Wildman–Crippen MR) is 144 cm³/mol. The minimum Gasteiger partial charge on any atom is -0.389 e. The number of rotatable bonds is 5. The lowest BCUT2D eigenvalue weighted by molar-refractivity contribution is -0.176. The lowest BCUT2D eigenvalue weighted by Gasteiger charge is -2.55. The topological polar surface area (TPSA) is 60.9 Å². The smallest absolute Gasteiger partial charge is 0.389 e. The van der Waals surface area contributed by atoms with Crippen molar-refractivity contribution in [3.63, 3.8) is 0 Å². The Balaban J connectivity index is 1.02. The number of alkyl halides is 3. The summed E-state index contributed by atoms with van der Waals surface area (Å²) in [7, 11) is 1.55. The molecule has 2 amide bonds. The van der Waals surface area contributed by atoms with Crippen molar-refractivity contribution in [3.8, 4) is 0 Å². The maximum Gasteiger partial charge on any atom is 0.416 e. The molecule has 1 heterocycles. The van der Waals surface area contributed by atoms with Crippen LogP contribution in [0.1, 0.15) is 60.0 Å². The first-order chi connectivity index (χ1) is 18.9. The third-order valence-corrected chi connectivity index (χ3v) is 11.4. The lowest BCUT2D eigenvalue weighted by Crippen LogP contribution is -2.57. The maximum atomic E-state index is 13.6. The van der Waals surface area contributed by atoms with Gasteiger partial charge in [-0.15, -0.1) is 0 Å². The van der Waals surface area contributed by atoms with Gasteiger partial charge in [-0.1, -0.05) is 17.7 Å². The van der Waals surface area contributed by atoms with Crippen molar-refractivity contribution in [2.45, 2.75) is 62.8 Å². The van der Waals surface area contributed by atoms with E-state index in [1.165, 1.54) is 17.0 Å². The molecule has 2 aromatic rings. The normalized spacial score (nSPS) is 35.7. The number of carbonyl (C=O) groups is 2. The van der Waals surface area contributed by atoms with E-state index >= 15 is 0 Å². The van der Waals surface area contributed by atoms with Gasteiger partial charge in [0.25, 0.3) is 5.91 Å². The average molecular weight is 573 g/mol. The van der Waals surface area contributed by atoms with Crippen molar-refractivity contribution in [2.75, 3.05) is 18.5 Å². The van der Waals surface area contributed by atoms with Crippen molar-refractivity contribution >= 4 is 29.1 Å². The molecule has 1 saturated heterocycles. The molecule has 5 fully saturated rings. The molecule has 4 aliphatic carbocycles. The maximum absolute atomic E-state index is 13.6. The molecule has 3 bridgehead atoms. The first kappa shape index (κ1) is 26.3. The van der Waals surface area contributed by atoms with E-state index in [-0.39, 0.29) is 28.8 Å². The summed E-state index contributed by atoms with van der Waals surface area (Å²) in [6, 6.07) is 9.62. The van der Waals surface area contributed by atoms with Crippen LogP contribution in [0.15, 0.2) is 42.5 Å². The van der Waals surface area contributed by atoms with Crippen LogP contribution in [0.3, 0.4) is 0 Å². The third kappa shape index (κ3) is 3.71. The van der Waals surface area contributed by atoms with E-state index in [2.05, 4.69) is 4.90 Å². The van der Waals surface area contributed by atoms with E-state index in [9.17, 15) is 27.9 Å². The van der Waals surface area contributed by atoms with Gasteiger partial charge in [-0.2, -0.15) is 13.2 Å².